The number of hydrogen-bond donors (Lipinski definition) is 1. The second-order valence-corrected chi connectivity index (χ2v) is 6.52. The fraction of sp³-hybridized carbons (Fsp3) is 0.647. The van der Waals surface area contributed by atoms with E-state index in [2.05, 4.69) is 0 Å². The van der Waals surface area contributed by atoms with Gasteiger partial charge in [0.1, 0.15) is 11.3 Å². The van der Waals surface area contributed by atoms with Gasteiger partial charge in [-0.3, -0.25) is 4.79 Å². The minimum Gasteiger partial charge on any atom is -0.478 e. The van der Waals surface area contributed by atoms with Crippen LogP contribution in [-0.2, 0) is 16.0 Å². The summed E-state index contributed by atoms with van der Waals surface area (Å²) in [6, 6.07) is 1.50. The van der Waals surface area contributed by atoms with E-state index in [1.54, 1.807) is 0 Å². The van der Waals surface area contributed by atoms with Gasteiger partial charge in [-0.25, -0.2) is 4.79 Å². The first kappa shape index (κ1) is 16.1. The van der Waals surface area contributed by atoms with Gasteiger partial charge in [0.05, 0.1) is 6.26 Å². The van der Waals surface area contributed by atoms with Gasteiger partial charge in [0.15, 0.2) is 0 Å². The van der Waals surface area contributed by atoms with Crippen molar-refractivity contribution in [2.24, 2.45) is 11.8 Å². The molecule has 0 bridgehead atoms. The average Bonchev–Trinajstić information content (AvgIpc) is 3.19. The first-order valence-electron chi connectivity index (χ1n) is 8.28. The lowest BCUT2D eigenvalue weighted by Gasteiger charge is -2.32. The summed E-state index contributed by atoms with van der Waals surface area (Å²) in [6.07, 6.45) is 5.43. The molecule has 3 rings (SSSR count). The van der Waals surface area contributed by atoms with E-state index in [-0.39, 0.29) is 11.5 Å². The number of carboxylic acids is 1. The summed E-state index contributed by atoms with van der Waals surface area (Å²) in [7, 11) is 0. The molecule has 1 aromatic heterocycles. The van der Waals surface area contributed by atoms with E-state index in [0.29, 0.717) is 37.0 Å². The molecule has 0 radical (unpaired) electrons. The van der Waals surface area contributed by atoms with Gasteiger partial charge in [0.25, 0.3) is 0 Å². The quantitative estimate of drug-likeness (QED) is 0.899. The summed E-state index contributed by atoms with van der Waals surface area (Å²) in [5.74, 6) is 0.577. The van der Waals surface area contributed by atoms with Crippen LogP contribution in [0.1, 0.15) is 41.8 Å². The fourth-order valence-corrected chi connectivity index (χ4v) is 3.46. The van der Waals surface area contributed by atoms with Crippen LogP contribution in [0.15, 0.2) is 16.7 Å². The van der Waals surface area contributed by atoms with Crippen molar-refractivity contribution >= 4 is 11.9 Å². The third kappa shape index (κ3) is 3.93. The van der Waals surface area contributed by atoms with Gasteiger partial charge < -0.3 is 19.2 Å². The van der Waals surface area contributed by atoms with Gasteiger partial charge in [0.2, 0.25) is 5.91 Å². The third-order valence-corrected chi connectivity index (χ3v) is 4.90. The standard InChI is InChI=1S/C17H23NO5/c19-16(10-13-3-7-22-11-13)18-5-1-12(2-6-18)9-15-14(17(20)21)4-8-23-15/h4,8,12-13H,1-3,5-7,9-11H2,(H,20,21). The highest BCUT2D eigenvalue weighted by molar-refractivity contribution is 5.88. The Hall–Kier alpha value is -1.82. The molecule has 1 unspecified atom stereocenters. The summed E-state index contributed by atoms with van der Waals surface area (Å²) >= 11 is 0. The lowest BCUT2D eigenvalue weighted by molar-refractivity contribution is -0.133. The number of piperidine rings is 1. The zero-order chi connectivity index (χ0) is 16.2. The zero-order valence-corrected chi connectivity index (χ0v) is 13.2. The molecule has 126 valence electrons. The van der Waals surface area contributed by atoms with Crippen LogP contribution in [0.2, 0.25) is 0 Å². The Morgan fingerprint density at radius 1 is 1.22 bits per heavy atom. The summed E-state index contributed by atoms with van der Waals surface area (Å²) in [5.41, 5.74) is 0.254. The number of amides is 1. The number of carbonyl (C=O) groups is 2. The van der Waals surface area contributed by atoms with E-state index in [1.165, 1.54) is 12.3 Å². The molecular weight excluding hydrogens is 298 g/mol. The van der Waals surface area contributed by atoms with Crippen molar-refractivity contribution in [1.29, 1.82) is 0 Å². The molecule has 1 amide bonds. The molecule has 23 heavy (non-hydrogen) atoms. The first-order chi connectivity index (χ1) is 11.1. The van der Waals surface area contributed by atoms with Crippen molar-refractivity contribution in [3.05, 3.63) is 23.7 Å². The predicted molar refractivity (Wildman–Crippen MR) is 82.2 cm³/mol. The highest BCUT2D eigenvalue weighted by atomic mass is 16.5. The molecule has 2 aliphatic rings. The number of rotatable bonds is 5. The molecule has 3 heterocycles. The Labute approximate surface area is 135 Å². The van der Waals surface area contributed by atoms with Crippen LogP contribution in [0, 0.1) is 11.8 Å². The molecule has 6 nitrogen and oxygen atoms in total. The molecule has 1 atom stereocenters. The summed E-state index contributed by atoms with van der Waals surface area (Å²) in [4.78, 5) is 25.3. The minimum absolute atomic E-state index is 0.225. The van der Waals surface area contributed by atoms with E-state index in [0.717, 1.165) is 39.0 Å². The molecule has 6 heteroatoms. The van der Waals surface area contributed by atoms with Crippen molar-refractivity contribution in [3.63, 3.8) is 0 Å². The molecule has 1 N–H and O–H groups in total. The molecule has 0 spiro atoms. The summed E-state index contributed by atoms with van der Waals surface area (Å²) in [5, 5.41) is 9.11. The second-order valence-electron chi connectivity index (χ2n) is 6.52. The van der Waals surface area contributed by atoms with Crippen LogP contribution < -0.4 is 0 Å². The van der Waals surface area contributed by atoms with Gasteiger partial charge in [0, 0.05) is 39.1 Å². The number of hydrogen-bond acceptors (Lipinski definition) is 4. The minimum atomic E-state index is -0.944. The molecule has 1 aromatic rings. The van der Waals surface area contributed by atoms with Crippen LogP contribution in [-0.4, -0.2) is 48.2 Å². The molecule has 0 aromatic carbocycles. The van der Waals surface area contributed by atoms with Crippen molar-refractivity contribution < 1.29 is 23.8 Å². The maximum absolute atomic E-state index is 12.3. The maximum atomic E-state index is 12.3. The monoisotopic (exact) mass is 321 g/mol. The lowest BCUT2D eigenvalue weighted by Crippen LogP contribution is -2.39. The van der Waals surface area contributed by atoms with Crippen LogP contribution in [0.5, 0.6) is 0 Å². The van der Waals surface area contributed by atoms with E-state index in [9.17, 15) is 9.59 Å². The number of likely N-dealkylation sites (tertiary alicyclic amines) is 1. The van der Waals surface area contributed by atoms with Crippen molar-refractivity contribution in [2.75, 3.05) is 26.3 Å². The molecule has 2 aliphatic heterocycles. The SMILES string of the molecule is O=C(O)c1ccoc1CC1CCN(C(=O)CC2CCOC2)CC1. The van der Waals surface area contributed by atoms with Gasteiger partial charge in [-0.05, 0) is 37.2 Å². The Morgan fingerprint density at radius 3 is 2.65 bits per heavy atom. The largest absolute Gasteiger partial charge is 0.478 e. The Bertz CT molecular complexity index is 553. The van der Waals surface area contributed by atoms with E-state index >= 15 is 0 Å². The number of carboxylic acid groups (broad SMARTS) is 1. The van der Waals surface area contributed by atoms with E-state index < -0.39 is 5.97 Å². The lowest BCUT2D eigenvalue weighted by atomic mass is 9.91. The summed E-state index contributed by atoms with van der Waals surface area (Å²) < 4.78 is 10.6. The maximum Gasteiger partial charge on any atom is 0.339 e. The van der Waals surface area contributed by atoms with Crippen molar-refractivity contribution in [3.8, 4) is 0 Å². The average molecular weight is 321 g/mol. The number of ether oxygens (including phenoxy) is 1. The Morgan fingerprint density at radius 2 is 2.00 bits per heavy atom. The van der Waals surface area contributed by atoms with Crippen LogP contribution in [0.25, 0.3) is 0 Å². The Kier molecular flexibility index (Phi) is 5.00. The van der Waals surface area contributed by atoms with Crippen LogP contribution in [0.4, 0.5) is 0 Å². The van der Waals surface area contributed by atoms with Gasteiger partial charge in [-0.15, -0.1) is 0 Å². The zero-order valence-electron chi connectivity index (χ0n) is 13.2. The number of furan rings is 1. The topological polar surface area (TPSA) is 80.0 Å². The van der Waals surface area contributed by atoms with Crippen LogP contribution in [0.3, 0.4) is 0 Å². The number of nitrogens with zero attached hydrogens (tertiary/aromatic N) is 1. The fourth-order valence-electron chi connectivity index (χ4n) is 3.46. The molecule has 0 saturated carbocycles. The third-order valence-electron chi connectivity index (χ3n) is 4.90. The molecule has 2 fully saturated rings. The van der Waals surface area contributed by atoms with Gasteiger partial charge >= 0.3 is 5.97 Å². The summed E-state index contributed by atoms with van der Waals surface area (Å²) in [6.45, 7) is 2.98. The van der Waals surface area contributed by atoms with E-state index in [1.807, 2.05) is 4.90 Å². The highest BCUT2D eigenvalue weighted by Crippen LogP contribution is 2.25. The Balaban J connectivity index is 1.47. The number of aromatic carboxylic acids is 1. The number of carbonyl (C=O) groups excluding carboxylic acids is 1. The molecular formula is C17H23NO5. The first-order valence-corrected chi connectivity index (χ1v) is 8.28. The van der Waals surface area contributed by atoms with Crippen LogP contribution >= 0.6 is 0 Å². The second kappa shape index (κ2) is 7.17. The predicted octanol–water partition coefficient (Wildman–Crippen LogP) is 2.19. The smallest absolute Gasteiger partial charge is 0.339 e. The highest BCUT2D eigenvalue weighted by Gasteiger charge is 2.27. The molecule has 0 aliphatic carbocycles. The van der Waals surface area contributed by atoms with Gasteiger partial charge in [-0.1, -0.05) is 0 Å². The normalized spacial score (nSPS) is 22.4. The van der Waals surface area contributed by atoms with Crippen molar-refractivity contribution in [1.82, 2.24) is 4.90 Å². The van der Waals surface area contributed by atoms with Gasteiger partial charge in [-0.2, -0.15) is 0 Å². The van der Waals surface area contributed by atoms with E-state index in [4.69, 9.17) is 14.3 Å². The van der Waals surface area contributed by atoms with Crippen molar-refractivity contribution in [2.45, 2.75) is 32.1 Å². The molecule has 2 saturated heterocycles.